The predicted octanol–water partition coefficient (Wildman–Crippen LogP) is 2.51. The number of halogens is 1. The molecule has 1 saturated heterocycles. The molecule has 1 heterocycles. The zero-order valence-corrected chi connectivity index (χ0v) is 15.6. The van der Waals surface area contributed by atoms with E-state index in [9.17, 15) is 15.0 Å². The van der Waals surface area contributed by atoms with Crippen molar-refractivity contribution < 1.29 is 15.0 Å². The molecular formula is C18H29ClN2O3. The van der Waals surface area contributed by atoms with Crippen LogP contribution < -0.4 is 10.6 Å². The molecular weight excluding hydrogens is 328 g/mol. The van der Waals surface area contributed by atoms with Crippen LogP contribution in [0.3, 0.4) is 0 Å². The van der Waals surface area contributed by atoms with E-state index in [2.05, 4.69) is 24.5 Å². The molecule has 0 aromatic heterocycles. The van der Waals surface area contributed by atoms with Crippen LogP contribution >= 0.6 is 12.4 Å². The Morgan fingerprint density at radius 3 is 2.46 bits per heavy atom. The summed E-state index contributed by atoms with van der Waals surface area (Å²) in [5.74, 6) is 0.122. The zero-order valence-electron chi connectivity index (χ0n) is 14.8. The van der Waals surface area contributed by atoms with Gasteiger partial charge in [-0.3, -0.25) is 4.79 Å². The largest absolute Gasteiger partial charge is 0.507 e. The van der Waals surface area contributed by atoms with E-state index in [1.54, 1.807) is 6.07 Å². The summed E-state index contributed by atoms with van der Waals surface area (Å²) >= 11 is 0. The summed E-state index contributed by atoms with van der Waals surface area (Å²) in [5.41, 5.74) is 2.11. The number of hydrogen-bond donors (Lipinski definition) is 4. The Balaban J connectivity index is 0.00000288. The van der Waals surface area contributed by atoms with Gasteiger partial charge in [0.1, 0.15) is 5.75 Å². The Hall–Kier alpha value is -1.30. The van der Waals surface area contributed by atoms with Crippen molar-refractivity contribution in [1.82, 2.24) is 10.6 Å². The van der Waals surface area contributed by atoms with Crippen LogP contribution in [0.4, 0.5) is 0 Å². The third kappa shape index (κ3) is 4.62. The van der Waals surface area contributed by atoms with Crippen molar-refractivity contribution in [3.05, 3.63) is 28.8 Å². The summed E-state index contributed by atoms with van der Waals surface area (Å²) in [5, 5.41) is 26.4. The van der Waals surface area contributed by atoms with Crippen LogP contribution in [0.1, 0.15) is 67.4 Å². The van der Waals surface area contributed by atoms with Gasteiger partial charge in [0.15, 0.2) is 0 Å². The molecule has 24 heavy (non-hydrogen) atoms. The van der Waals surface area contributed by atoms with Gasteiger partial charge in [0.2, 0.25) is 0 Å². The molecule has 6 heteroatoms. The van der Waals surface area contributed by atoms with Crippen LogP contribution in [0.15, 0.2) is 12.1 Å². The predicted molar refractivity (Wildman–Crippen MR) is 98.3 cm³/mol. The van der Waals surface area contributed by atoms with Gasteiger partial charge in [0.05, 0.1) is 17.7 Å². The molecule has 1 amide bonds. The highest BCUT2D eigenvalue weighted by Crippen LogP contribution is 2.33. The lowest BCUT2D eigenvalue weighted by atomic mass is 9.91. The molecule has 0 bridgehead atoms. The normalized spacial score (nSPS) is 20.8. The molecule has 1 aliphatic rings. The maximum Gasteiger partial charge on any atom is 0.255 e. The first kappa shape index (κ1) is 20.7. The first-order valence-electron chi connectivity index (χ1n) is 8.37. The minimum atomic E-state index is -0.604. The Morgan fingerprint density at radius 2 is 1.92 bits per heavy atom. The summed E-state index contributed by atoms with van der Waals surface area (Å²) < 4.78 is 0. The van der Waals surface area contributed by atoms with Gasteiger partial charge in [-0.1, -0.05) is 33.8 Å². The maximum atomic E-state index is 12.6. The number of benzene rings is 1. The van der Waals surface area contributed by atoms with Crippen LogP contribution in [0.5, 0.6) is 5.75 Å². The smallest absolute Gasteiger partial charge is 0.255 e. The van der Waals surface area contributed by atoms with Crippen molar-refractivity contribution in [1.29, 1.82) is 0 Å². The van der Waals surface area contributed by atoms with E-state index < -0.39 is 6.10 Å². The number of phenols is 1. The fourth-order valence-corrected chi connectivity index (χ4v) is 2.88. The number of rotatable bonds is 4. The molecule has 2 atom stereocenters. The number of phenolic OH excluding ortho intramolecular Hbond substituents is 1. The zero-order chi connectivity index (χ0) is 17.1. The van der Waals surface area contributed by atoms with Gasteiger partial charge in [0, 0.05) is 6.54 Å². The second-order valence-electron chi connectivity index (χ2n) is 6.96. The van der Waals surface area contributed by atoms with Crippen molar-refractivity contribution in [3.8, 4) is 5.75 Å². The average Bonchev–Trinajstić information content (AvgIpc) is 2.49. The molecule has 0 unspecified atom stereocenters. The lowest BCUT2D eigenvalue weighted by molar-refractivity contribution is 0.0763. The molecule has 0 spiro atoms. The Kier molecular flexibility index (Phi) is 7.52. The van der Waals surface area contributed by atoms with Crippen molar-refractivity contribution in [2.24, 2.45) is 0 Å². The van der Waals surface area contributed by atoms with Gasteiger partial charge >= 0.3 is 0 Å². The molecule has 0 radical (unpaired) electrons. The summed E-state index contributed by atoms with van der Waals surface area (Å²) in [4.78, 5) is 12.6. The van der Waals surface area contributed by atoms with Crippen LogP contribution in [-0.4, -0.2) is 41.4 Å². The van der Waals surface area contributed by atoms with Gasteiger partial charge < -0.3 is 20.8 Å². The third-order valence-corrected chi connectivity index (χ3v) is 4.46. The van der Waals surface area contributed by atoms with Gasteiger partial charge in [-0.05, 0) is 42.0 Å². The minimum Gasteiger partial charge on any atom is -0.507 e. The molecule has 5 nitrogen and oxygen atoms in total. The number of carbonyl (C=O) groups excluding carboxylic acids is 1. The van der Waals surface area contributed by atoms with Crippen molar-refractivity contribution in [2.45, 2.75) is 58.1 Å². The standard InChI is InChI=1S/C18H28N2O3.ClH/c1-10(2)12-7-13(11(3)4)17(22)14(8-12)18(23)20-15-5-6-19-9-16(15)21;/h7-8,10-11,15-16,19,21-22H,5-6,9H2,1-4H3,(H,20,23);1H/t15-,16-;/m1./s1. The van der Waals surface area contributed by atoms with Crippen LogP contribution in [0, 0.1) is 0 Å². The second kappa shape index (κ2) is 8.70. The van der Waals surface area contributed by atoms with E-state index in [0.29, 0.717) is 18.5 Å². The quantitative estimate of drug-likeness (QED) is 0.668. The third-order valence-electron chi connectivity index (χ3n) is 4.46. The van der Waals surface area contributed by atoms with Crippen LogP contribution in [-0.2, 0) is 0 Å². The van der Waals surface area contributed by atoms with Crippen molar-refractivity contribution in [3.63, 3.8) is 0 Å². The monoisotopic (exact) mass is 356 g/mol. The maximum absolute atomic E-state index is 12.6. The molecule has 1 aromatic carbocycles. The first-order valence-corrected chi connectivity index (χ1v) is 8.37. The number of aliphatic hydroxyl groups excluding tert-OH is 1. The summed E-state index contributed by atoms with van der Waals surface area (Å²) in [6.07, 6.45) is 0.0712. The fraction of sp³-hybridized carbons (Fsp3) is 0.611. The van der Waals surface area contributed by atoms with E-state index >= 15 is 0 Å². The fourth-order valence-electron chi connectivity index (χ4n) is 2.88. The van der Waals surface area contributed by atoms with Gasteiger partial charge in [-0.2, -0.15) is 0 Å². The number of nitrogens with one attached hydrogen (secondary N) is 2. The summed E-state index contributed by atoms with van der Waals surface area (Å²) in [6.45, 7) is 9.36. The number of aromatic hydroxyl groups is 1. The Bertz CT molecular complexity index is 576. The minimum absolute atomic E-state index is 0. The lowest BCUT2D eigenvalue weighted by Crippen LogP contribution is -2.52. The molecule has 2 rings (SSSR count). The lowest BCUT2D eigenvalue weighted by Gasteiger charge is -2.29. The van der Waals surface area contributed by atoms with E-state index in [-0.39, 0.29) is 41.9 Å². The molecule has 1 fully saturated rings. The molecule has 136 valence electrons. The SMILES string of the molecule is CC(C)c1cc(C(=O)N[C@@H]2CCNC[C@H]2O)c(O)c(C(C)C)c1.Cl. The number of amides is 1. The van der Waals surface area contributed by atoms with E-state index in [1.807, 2.05) is 19.9 Å². The molecule has 1 aromatic rings. The Labute approximate surface area is 150 Å². The Morgan fingerprint density at radius 1 is 1.25 bits per heavy atom. The molecule has 0 aliphatic carbocycles. The summed E-state index contributed by atoms with van der Waals surface area (Å²) in [6, 6.07) is 3.45. The molecule has 0 saturated carbocycles. The summed E-state index contributed by atoms with van der Waals surface area (Å²) in [7, 11) is 0. The highest BCUT2D eigenvalue weighted by Gasteiger charge is 2.26. The highest BCUT2D eigenvalue weighted by atomic mass is 35.5. The highest BCUT2D eigenvalue weighted by molar-refractivity contribution is 5.97. The number of hydrogen-bond acceptors (Lipinski definition) is 4. The number of β-amino-alcohol motifs (C(OH)–C–C–N with tert-alkyl or cyclic N) is 1. The second-order valence-corrected chi connectivity index (χ2v) is 6.96. The first-order chi connectivity index (χ1) is 10.8. The van der Waals surface area contributed by atoms with E-state index in [0.717, 1.165) is 17.7 Å². The number of carbonyl (C=O) groups is 1. The van der Waals surface area contributed by atoms with E-state index in [1.165, 1.54) is 0 Å². The number of aliphatic hydroxyl groups is 1. The van der Waals surface area contributed by atoms with E-state index in [4.69, 9.17) is 0 Å². The van der Waals surface area contributed by atoms with Gasteiger partial charge in [0.25, 0.3) is 5.91 Å². The average molecular weight is 357 g/mol. The van der Waals surface area contributed by atoms with Crippen LogP contribution in [0.2, 0.25) is 0 Å². The molecule has 4 N–H and O–H groups in total. The van der Waals surface area contributed by atoms with Gasteiger partial charge in [-0.15, -0.1) is 12.4 Å². The topological polar surface area (TPSA) is 81.6 Å². The van der Waals surface area contributed by atoms with Crippen molar-refractivity contribution in [2.75, 3.05) is 13.1 Å². The number of piperidine rings is 1. The van der Waals surface area contributed by atoms with Gasteiger partial charge in [-0.25, -0.2) is 0 Å². The molecule has 1 aliphatic heterocycles. The van der Waals surface area contributed by atoms with Crippen LogP contribution in [0.25, 0.3) is 0 Å². The van der Waals surface area contributed by atoms with Crippen molar-refractivity contribution >= 4 is 18.3 Å².